The highest BCUT2D eigenvalue weighted by molar-refractivity contribution is 7.92. The summed E-state index contributed by atoms with van der Waals surface area (Å²) in [6.07, 6.45) is 1.11. The van der Waals surface area contributed by atoms with Gasteiger partial charge in [0, 0.05) is 31.6 Å². The Bertz CT molecular complexity index is 1080. The Labute approximate surface area is 186 Å². The number of methoxy groups -OCH3 is 1. The van der Waals surface area contributed by atoms with Gasteiger partial charge in [0.05, 0.1) is 17.8 Å². The molecule has 0 aliphatic carbocycles. The summed E-state index contributed by atoms with van der Waals surface area (Å²) in [5.41, 5.74) is 0.567. The fourth-order valence-electron chi connectivity index (χ4n) is 3.41. The predicted molar refractivity (Wildman–Crippen MR) is 119 cm³/mol. The van der Waals surface area contributed by atoms with Gasteiger partial charge in [-0.3, -0.25) is 14.3 Å². The number of anilines is 2. The van der Waals surface area contributed by atoms with E-state index in [-0.39, 0.29) is 39.1 Å². The summed E-state index contributed by atoms with van der Waals surface area (Å²) in [6.45, 7) is 2.56. The van der Waals surface area contributed by atoms with Crippen molar-refractivity contribution in [2.24, 2.45) is 5.92 Å². The normalized spacial score (nSPS) is 14.7. The lowest BCUT2D eigenvalue weighted by Crippen LogP contribution is -2.40. The maximum absolute atomic E-state index is 13.0. The van der Waals surface area contributed by atoms with Gasteiger partial charge in [0.1, 0.15) is 10.6 Å². The number of ether oxygens (including phenoxy) is 1. The molecule has 2 aromatic carbocycles. The first-order valence-electron chi connectivity index (χ1n) is 9.73. The minimum atomic E-state index is -4.03. The number of amides is 2. The molecule has 2 aromatic rings. The third kappa shape index (κ3) is 5.48. The number of nitrogens with zero attached hydrogens (tertiary/aromatic N) is 1. The second-order valence-corrected chi connectivity index (χ2v) is 9.28. The standard InChI is InChI=1S/C21H24ClN3O5S/c1-14(26)25-11-9-15(10-12-25)21(27)23-16-7-8-19(30-2)20(13-16)31(28,29)24-18-6-4-3-5-17(18)22/h3-8,13,15,24H,9-12H2,1-2H3,(H,23,27). The molecule has 1 fully saturated rings. The number of hydrogen-bond acceptors (Lipinski definition) is 5. The van der Waals surface area contributed by atoms with E-state index >= 15 is 0 Å². The second-order valence-electron chi connectivity index (χ2n) is 7.22. The zero-order valence-electron chi connectivity index (χ0n) is 17.2. The van der Waals surface area contributed by atoms with Crippen molar-refractivity contribution in [1.82, 2.24) is 4.90 Å². The van der Waals surface area contributed by atoms with E-state index in [4.69, 9.17) is 16.3 Å². The summed E-state index contributed by atoms with van der Waals surface area (Å²) in [4.78, 5) is 25.7. The van der Waals surface area contributed by atoms with E-state index in [1.54, 1.807) is 35.2 Å². The van der Waals surface area contributed by atoms with Crippen molar-refractivity contribution in [2.45, 2.75) is 24.7 Å². The molecule has 10 heteroatoms. The van der Waals surface area contributed by atoms with Gasteiger partial charge in [-0.1, -0.05) is 23.7 Å². The molecular formula is C21H24ClN3O5S. The zero-order chi connectivity index (χ0) is 22.6. The Hall–Kier alpha value is -2.78. The van der Waals surface area contributed by atoms with Gasteiger partial charge in [0.15, 0.2) is 0 Å². The first-order chi connectivity index (χ1) is 14.7. The van der Waals surface area contributed by atoms with Crippen LogP contribution in [0, 0.1) is 5.92 Å². The number of rotatable bonds is 6. The molecule has 3 rings (SSSR count). The molecule has 1 aliphatic heterocycles. The van der Waals surface area contributed by atoms with Crippen molar-refractivity contribution < 1.29 is 22.7 Å². The fourth-order valence-corrected chi connectivity index (χ4v) is 4.92. The number of para-hydroxylation sites is 1. The molecule has 0 saturated carbocycles. The monoisotopic (exact) mass is 465 g/mol. The summed E-state index contributed by atoms with van der Waals surface area (Å²) in [7, 11) is -2.67. The Morgan fingerprint density at radius 3 is 2.42 bits per heavy atom. The van der Waals surface area contributed by atoms with E-state index in [9.17, 15) is 18.0 Å². The summed E-state index contributed by atoms with van der Waals surface area (Å²) < 4.78 is 33.6. The summed E-state index contributed by atoms with van der Waals surface area (Å²) >= 11 is 6.07. The average Bonchev–Trinajstić information content (AvgIpc) is 2.75. The van der Waals surface area contributed by atoms with Crippen LogP contribution in [0.4, 0.5) is 11.4 Å². The minimum absolute atomic E-state index is 0.00474. The molecule has 0 aromatic heterocycles. The van der Waals surface area contributed by atoms with E-state index in [1.165, 1.54) is 26.2 Å². The SMILES string of the molecule is COc1ccc(NC(=O)C2CCN(C(C)=O)CC2)cc1S(=O)(=O)Nc1ccccc1Cl. The molecule has 2 N–H and O–H groups in total. The first-order valence-corrected chi connectivity index (χ1v) is 11.6. The van der Waals surface area contributed by atoms with Crippen LogP contribution in [0.3, 0.4) is 0 Å². The Balaban J connectivity index is 1.78. The maximum atomic E-state index is 13.0. The van der Waals surface area contributed by atoms with Crippen molar-refractivity contribution in [2.75, 3.05) is 30.2 Å². The third-order valence-electron chi connectivity index (χ3n) is 5.15. The number of sulfonamides is 1. The highest BCUT2D eigenvalue weighted by Crippen LogP contribution is 2.31. The second kappa shape index (κ2) is 9.57. The number of halogens is 1. The molecular weight excluding hydrogens is 442 g/mol. The molecule has 0 atom stereocenters. The number of piperidine rings is 1. The van der Waals surface area contributed by atoms with E-state index in [0.29, 0.717) is 31.6 Å². The van der Waals surface area contributed by atoms with Gasteiger partial charge in [0.25, 0.3) is 10.0 Å². The van der Waals surface area contributed by atoms with E-state index in [2.05, 4.69) is 10.0 Å². The Kier molecular flexibility index (Phi) is 7.07. The molecule has 0 unspecified atom stereocenters. The molecule has 1 saturated heterocycles. The van der Waals surface area contributed by atoms with Crippen LogP contribution in [0.2, 0.25) is 5.02 Å². The van der Waals surface area contributed by atoms with Gasteiger partial charge >= 0.3 is 0 Å². The van der Waals surface area contributed by atoms with Crippen molar-refractivity contribution in [3.8, 4) is 5.75 Å². The lowest BCUT2D eigenvalue weighted by Gasteiger charge is -2.30. The molecule has 2 amide bonds. The zero-order valence-corrected chi connectivity index (χ0v) is 18.8. The Morgan fingerprint density at radius 2 is 1.81 bits per heavy atom. The topological polar surface area (TPSA) is 105 Å². The van der Waals surface area contributed by atoms with Crippen molar-refractivity contribution in [3.05, 3.63) is 47.5 Å². The first kappa shape index (κ1) is 22.9. The van der Waals surface area contributed by atoms with Gasteiger partial charge in [-0.05, 0) is 43.2 Å². The van der Waals surface area contributed by atoms with Gasteiger partial charge in [-0.15, -0.1) is 0 Å². The fraction of sp³-hybridized carbons (Fsp3) is 0.333. The summed E-state index contributed by atoms with van der Waals surface area (Å²) in [5.74, 6) is -0.336. The molecule has 31 heavy (non-hydrogen) atoms. The smallest absolute Gasteiger partial charge is 0.265 e. The number of nitrogens with one attached hydrogen (secondary N) is 2. The molecule has 1 aliphatic rings. The quantitative estimate of drug-likeness (QED) is 0.680. The number of carbonyl (C=O) groups excluding carboxylic acids is 2. The van der Waals surface area contributed by atoms with Gasteiger partial charge in [0.2, 0.25) is 11.8 Å². The van der Waals surface area contributed by atoms with E-state index in [1.807, 2.05) is 0 Å². The molecule has 8 nitrogen and oxygen atoms in total. The van der Waals surface area contributed by atoms with Crippen molar-refractivity contribution >= 4 is 44.8 Å². The molecule has 0 radical (unpaired) electrons. The van der Waals surface area contributed by atoms with Gasteiger partial charge in [-0.25, -0.2) is 8.42 Å². The van der Waals surface area contributed by atoms with Crippen LogP contribution in [-0.2, 0) is 19.6 Å². The molecule has 166 valence electrons. The number of likely N-dealkylation sites (tertiary alicyclic amines) is 1. The lowest BCUT2D eigenvalue weighted by molar-refractivity contribution is -0.132. The number of carbonyl (C=O) groups is 2. The predicted octanol–water partition coefficient (Wildman–Crippen LogP) is 3.35. The van der Waals surface area contributed by atoms with Gasteiger partial charge in [-0.2, -0.15) is 0 Å². The number of hydrogen-bond donors (Lipinski definition) is 2. The van der Waals surface area contributed by atoms with Crippen LogP contribution in [0.1, 0.15) is 19.8 Å². The minimum Gasteiger partial charge on any atom is -0.495 e. The maximum Gasteiger partial charge on any atom is 0.265 e. The van der Waals surface area contributed by atoms with Crippen molar-refractivity contribution in [3.63, 3.8) is 0 Å². The molecule has 0 bridgehead atoms. The van der Waals surface area contributed by atoms with E-state index < -0.39 is 10.0 Å². The van der Waals surface area contributed by atoms with Crippen LogP contribution >= 0.6 is 11.6 Å². The summed E-state index contributed by atoms with van der Waals surface area (Å²) in [6, 6.07) is 10.9. The van der Waals surface area contributed by atoms with Crippen molar-refractivity contribution in [1.29, 1.82) is 0 Å². The van der Waals surface area contributed by atoms with Crippen LogP contribution in [0.5, 0.6) is 5.75 Å². The average molecular weight is 466 g/mol. The number of benzene rings is 2. The molecule has 1 heterocycles. The lowest BCUT2D eigenvalue weighted by atomic mass is 9.96. The summed E-state index contributed by atoms with van der Waals surface area (Å²) in [5, 5.41) is 3.03. The van der Waals surface area contributed by atoms with Gasteiger partial charge < -0.3 is 15.0 Å². The van der Waals surface area contributed by atoms with Crippen LogP contribution in [0.25, 0.3) is 0 Å². The molecule has 0 spiro atoms. The largest absolute Gasteiger partial charge is 0.495 e. The Morgan fingerprint density at radius 1 is 1.13 bits per heavy atom. The highest BCUT2D eigenvalue weighted by atomic mass is 35.5. The third-order valence-corrected chi connectivity index (χ3v) is 6.87. The van der Waals surface area contributed by atoms with Crippen LogP contribution in [-0.4, -0.2) is 45.3 Å². The highest BCUT2D eigenvalue weighted by Gasteiger charge is 2.27. The van der Waals surface area contributed by atoms with Crippen LogP contribution in [0.15, 0.2) is 47.4 Å². The van der Waals surface area contributed by atoms with E-state index in [0.717, 1.165) is 0 Å². The van der Waals surface area contributed by atoms with Crippen LogP contribution < -0.4 is 14.8 Å².